The van der Waals surface area contributed by atoms with Crippen molar-refractivity contribution in [1.82, 2.24) is 10.2 Å². The van der Waals surface area contributed by atoms with Crippen molar-refractivity contribution >= 4 is 29.9 Å². The number of piperazine rings is 1. The Morgan fingerprint density at radius 1 is 1.27 bits per heavy atom. The van der Waals surface area contributed by atoms with Crippen LogP contribution in [-0.4, -0.2) is 37.6 Å². The number of para-hydroxylation sites is 1. The minimum Gasteiger partial charge on any atom is -0.496 e. The molecule has 1 N–H and O–H groups in total. The maximum absolute atomic E-state index is 13.6. The molecule has 1 heterocycles. The molecule has 1 fully saturated rings. The summed E-state index contributed by atoms with van der Waals surface area (Å²) in [5.74, 6) is -1.97. The van der Waals surface area contributed by atoms with Crippen molar-refractivity contribution < 1.29 is 18.3 Å². The molecular formula is C18H18Cl2F2N2O2. The highest BCUT2D eigenvalue weighted by Gasteiger charge is 2.31. The Morgan fingerprint density at radius 3 is 2.69 bits per heavy atom. The second kappa shape index (κ2) is 8.66. The molecule has 2 aromatic carbocycles. The van der Waals surface area contributed by atoms with Crippen LogP contribution in [0.25, 0.3) is 0 Å². The molecule has 8 heteroatoms. The van der Waals surface area contributed by atoms with Crippen LogP contribution in [0.5, 0.6) is 5.75 Å². The lowest BCUT2D eigenvalue weighted by atomic mass is 10.0. The van der Waals surface area contributed by atoms with E-state index in [1.807, 2.05) is 24.3 Å². The summed E-state index contributed by atoms with van der Waals surface area (Å²) < 4.78 is 32.3. The van der Waals surface area contributed by atoms with Gasteiger partial charge in [-0.3, -0.25) is 4.79 Å². The van der Waals surface area contributed by atoms with E-state index in [2.05, 4.69) is 5.32 Å². The summed E-state index contributed by atoms with van der Waals surface area (Å²) in [7, 11) is 1.56. The van der Waals surface area contributed by atoms with E-state index in [0.29, 0.717) is 25.4 Å². The van der Waals surface area contributed by atoms with E-state index in [1.165, 1.54) is 0 Å². The highest BCUT2D eigenvalue weighted by Crippen LogP contribution is 2.32. The van der Waals surface area contributed by atoms with Gasteiger partial charge < -0.3 is 15.0 Å². The lowest BCUT2D eigenvalue weighted by molar-refractivity contribution is 0.0631. The van der Waals surface area contributed by atoms with Crippen molar-refractivity contribution in [2.75, 3.05) is 26.7 Å². The molecule has 1 unspecified atom stereocenters. The van der Waals surface area contributed by atoms with Crippen LogP contribution < -0.4 is 10.1 Å². The Hall–Kier alpha value is -1.89. The number of carbonyl (C=O) groups is 1. The molecule has 1 aliphatic rings. The maximum atomic E-state index is 13.6. The van der Waals surface area contributed by atoms with Crippen molar-refractivity contribution in [1.29, 1.82) is 0 Å². The average Bonchev–Trinajstić information content (AvgIpc) is 2.64. The number of rotatable bonds is 3. The van der Waals surface area contributed by atoms with Crippen LogP contribution in [0.15, 0.2) is 36.4 Å². The van der Waals surface area contributed by atoms with Crippen molar-refractivity contribution in [3.05, 3.63) is 64.2 Å². The Kier molecular flexibility index (Phi) is 6.81. The molecule has 0 aliphatic carbocycles. The molecule has 1 saturated heterocycles. The number of benzene rings is 2. The van der Waals surface area contributed by atoms with E-state index in [9.17, 15) is 13.6 Å². The molecule has 0 aromatic heterocycles. The van der Waals surface area contributed by atoms with Crippen LogP contribution in [0, 0.1) is 11.6 Å². The van der Waals surface area contributed by atoms with Gasteiger partial charge in [-0.15, -0.1) is 12.4 Å². The molecule has 1 aliphatic heterocycles. The molecule has 3 rings (SSSR count). The van der Waals surface area contributed by atoms with Gasteiger partial charge in [0.1, 0.15) is 5.75 Å². The van der Waals surface area contributed by atoms with Crippen molar-refractivity contribution in [2.24, 2.45) is 0 Å². The van der Waals surface area contributed by atoms with Crippen LogP contribution in [-0.2, 0) is 0 Å². The van der Waals surface area contributed by atoms with Gasteiger partial charge in [0.25, 0.3) is 5.91 Å². The number of nitrogens with one attached hydrogen (secondary N) is 1. The quantitative estimate of drug-likeness (QED) is 0.793. The van der Waals surface area contributed by atoms with E-state index in [0.717, 1.165) is 17.7 Å². The summed E-state index contributed by atoms with van der Waals surface area (Å²) in [6.45, 7) is 1.53. The fraction of sp³-hybridized carbons (Fsp3) is 0.278. The van der Waals surface area contributed by atoms with E-state index in [4.69, 9.17) is 16.3 Å². The first-order valence-corrected chi connectivity index (χ1v) is 8.20. The number of hydrogen-bond acceptors (Lipinski definition) is 3. The lowest BCUT2D eigenvalue weighted by Gasteiger charge is -2.37. The van der Waals surface area contributed by atoms with Gasteiger partial charge >= 0.3 is 0 Å². The third-order valence-electron chi connectivity index (χ3n) is 4.24. The van der Waals surface area contributed by atoms with Crippen molar-refractivity contribution in [2.45, 2.75) is 6.04 Å². The Bertz CT molecular complexity index is 805. The Labute approximate surface area is 161 Å². The monoisotopic (exact) mass is 402 g/mol. The van der Waals surface area contributed by atoms with E-state index in [-0.39, 0.29) is 29.0 Å². The smallest absolute Gasteiger partial charge is 0.256 e. The second-order valence-electron chi connectivity index (χ2n) is 5.71. The number of carbonyl (C=O) groups excluding carboxylic acids is 1. The molecule has 1 amide bonds. The van der Waals surface area contributed by atoms with Gasteiger partial charge in [0.15, 0.2) is 11.6 Å². The zero-order valence-corrected chi connectivity index (χ0v) is 15.5. The molecule has 0 saturated carbocycles. The van der Waals surface area contributed by atoms with Crippen LogP contribution in [0.2, 0.25) is 5.02 Å². The lowest BCUT2D eigenvalue weighted by Crippen LogP contribution is -2.48. The highest BCUT2D eigenvalue weighted by molar-refractivity contribution is 6.33. The third-order valence-corrected chi connectivity index (χ3v) is 4.56. The molecule has 26 heavy (non-hydrogen) atoms. The van der Waals surface area contributed by atoms with Gasteiger partial charge in [0, 0.05) is 25.2 Å². The summed E-state index contributed by atoms with van der Waals surface area (Å²) in [5.41, 5.74) is 0.784. The number of hydrogen-bond donors (Lipinski definition) is 1. The zero-order chi connectivity index (χ0) is 18.0. The van der Waals surface area contributed by atoms with Gasteiger partial charge in [0.2, 0.25) is 0 Å². The summed E-state index contributed by atoms with van der Waals surface area (Å²) in [6.07, 6.45) is 0. The zero-order valence-electron chi connectivity index (χ0n) is 14.0. The van der Waals surface area contributed by atoms with E-state index < -0.39 is 17.5 Å². The number of amides is 1. The van der Waals surface area contributed by atoms with Gasteiger partial charge in [-0.25, -0.2) is 8.78 Å². The SMILES string of the molecule is COc1ccccc1C1CNCCN1C(=O)c1cc(F)c(F)cc1Cl.Cl. The fourth-order valence-electron chi connectivity index (χ4n) is 3.01. The summed E-state index contributed by atoms with van der Waals surface area (Å²) in [6, 6.07) is 8.77. The highest BCUT2D eigenvalue weighted by atomic mass is 35.5. The normalized spacial score (nSPS) is 16.8. The van der Waals surface area contributed by atoms with Crippen molar-refractivity contribution in [3.63, 3.8) is 0 Å². The second-order valence-corrected chi connectivity index (χ2v) is 6.11. The van der Waals surface area contributed by atoms with Crippen LogP contribution in [0.3, 0.4) is 0 Å². The van der Waals surface area contributed by atoms with E-state index in [1.54, 1.807) is 12.0 Å². The molecule has 4 nitrogen and oxygen atoms in total. The van der Waals surface area contributed by atoms with Gasteiger partial charge in [-0.2, -0.15) is 0 Å². The maximum Gasteiger partial charge on any atom is 0.256 e. The van der Waals surface area contributed by atoms with Crippen LogP contribution >= 0.6 is 24.0 Å². The molecule has 0 spiro atoms. The topological polar surface area (TPSA) is 41.6 Å². The minimum atomic E-state index is -1.10. The third kappa shape index (κ3) is 3.92. The van der Waals surface area contributed by atoms with Gasteiger partial charge in [0.05, 0.1) is 23.7 Å². The first kappa shape index (κ1) is 20.4. The minimum absolute atomic E-state index is 0. The molecule has 140 valence electrons. The fourth-order valence-corrected chi connectivity index (χ4v) is 3.24. The standard InChI is InChI=1S/C18H17ClF2N2O2.ClH/c1-25-17-5-3-2-4-11(17)16-10-22-6-7-23(16)18(24)12-8-14(20)15(21)9-13(12)19;/h2-5,8-9,16,22H,6-7,10H2,1H3;1H. The van der Waals surface area contributed by atoms with Gasteiger partial charge in [-0.05, 0) is 18.2 Å². The van der Waals surface area contributed by atoms with Crippen molar-refractivity contribution in [3.8, 4) is 5.75 Å². The first-order chi connectivity index (χ1) is 12.0. The first-order valence-electron chi connectivity index (χ1n) is 7.82. The Balaban J connectivity index is 0.00000243. The predicted octanol–water partition coefficient (Wildman–Crippen LogP) is 3.84. The summed E-state index contributed by atoms with van der Waals surface area (Å²) >= 11 is 5.97. The van der Waals surface area contributed by atoms with E-state index >= 15 is 0 Å². The molecule has 0 radical (unpaired) electrons. The number of methoxy groups -OCH3 is 1. The molecule has 0 bridgehead atoms. The number of ether oxygens (including phenoxy) is 1. The predicted molar refractivity (Wildman–Crippen MR) is 98.3 cm³/mol. The number of nitrogens with zero attached hydrogens (tertiary/aromatic N) is 1. The summed E-state index contributed by atoms with van der Waals surface area (Å²) in [4.78, 5) is 14.6. The molecular weight excluding hydrogens is 385 g/mol. The number of halogens is 4. The average molecular weight is 403 g/mol. The van der Waals surface area contributed by atoms with Gasteiger partial charge in [-0.1, -0.05) is 29.8 Å². The largest absolute Gasteiger partial charge is 0.496 e. The molecule has 2 aromatic rings. The van der Waals surface area contributed by atoms with Crippen LogP contribution in [0.4, 0.5) is 8.78 Å². The molecule has 1 atom stereocenters. The van der Waals surface area contributed by atoms with Crippen LogP contribution in [0.1, 0.15) is 22.0 Å². The summed E-state index contributed by atoms with van der Waals surface area (Å²) in [5, 5.41) is 3.13. The Morgan fingerprint density at radius 2 is 1.96 bits per heavy atom.